The molecule has 2 aliphatic rings. The molecule has 1 aromatic heterocycles. The van der Waals surface area contributed by atoms with Crippen LogP contribution in [0.1, 0.15) is 24.0 Å². The van der Waals surface area contributed by atoms with E-state index in [-0.39, 0.29) is 18.2 Å². The van der Waals surface area contributed by atoms with E-state index in [0.717, 1.165) is 5.56 Å². The first kappa shape index (κ1) is 19.0. The number of hydrogen-bond acceptors (Lipinski definition) is 4. The molecule has 0 radical (unpaired) electrons. The fraction of sp³-hybridized carbons (Fsp3) is 0.316. The maximum atomic E-state index is 12.9. The summed E-state index contributed by atoms with van der Waals surface area (Å²) in [7, 11) is 0. The summed E-state index contributed by atoms with van der Waals surface area (Å²) in [5.74, 6) is -0.319. The molecule has 2 heterocycles. The van der Waals surface area contributed by atoms with E-state index in [2.05, 4.69) is 20.4 Å². The third kappa shape index (κ3) is 3.96. The number of aryl methyl sites for hydroxylation is 1. The van der Waals surface area contributed by atoms with Gasteiger partial charge >= 0.3 is 12.4 Å². The summed E-state index contributed by atoms with van der Waals surface area (Å²) < 4.78 is 40.8. The molecule has 10 heteroatoms. The number of nitrogens with one attached hydrogen (secondary N) is 2. The Balaban J connectivity index is 1.52. The van der Waals surface area contributed by atoms with E-state index in [1.807, 2.05) is 6.92 Å². The van der Waals surface area contributed by atoms with Gasteiger partial charge in [-0.25, -0.2) is 9.78 Å². The summed E-state index contributed by atoms with van der Waals surface area (Å²) in [5, 5.41) is 5.59. The highest BCUT2D eigenvalue weighted by molar-refractivity contribution is 6.08. The molecule has 152 valence electrons. The van der Waals surface area contributed by atoms with Gasteiger partial charge in [0.2, 0.25) is 5.91 Å². The van der Waals surface area contributed by atoms with Crippen molar-refractivity contribution in [3.05, 3.63) is 47.7 Å². The first-order valence-electron chi connectivity index (χ1n) is 8.88. The van der Waals surface area contributed by atoms with Gasteiger partial charge in [0.25, 0.3) is 0 Å². The predicted molar refractivity (Wildman–Crippen MR) is 97.5 cm³/mol. The lowest BCUT2D eigenvalue weighted by atomic mass is 10.0. The van der Waals surface area contributed by atoms with Gasteiger partial charge in [0.1, 0.15) is 12.3 Å². The average molecular weight is 406 g/mol. The largest absolute Gasteiger partial charge is 0.573 e. The lowest BCUT2D eigenvalue weighted by molar-refractivity contribution is -0.274. The Morgan fingerprint density at radius 1 is 1.28 bits per heavy atom. The minimum atomic E-state index is -4.76. The summed E-state index contributed by atoms with van der Waals surface area (Å²) in [6, 6.07) is 6.64. The highest BCUT2D eigenvalue weighted by atomic mass is 19.4. The lowest BCUT2D eigenvalue weighted by Crippen LogP contribution is -2.50. The molecule has 2 N–H and O–H groups in total. The Bertz CT molecular complexity index is 972. The van der Waals surface area contributed by atoms with E-state index in [4.69, 9.17) is 0 Å². The Kier molecular flexibility index (Phi) is 4.36. The molecule has 1 aliphatic heterocycles. The molecular weight excluding hydrogens is 389 g/mol. The molecule has 7 nitrogen and oxygen atoms in total. The van der Waals surface area contributed by atoms with Crippen molar-refractivity contribution in [1.82, 2.24) is 10.3 Å². The number of nitrogens with zero attached hydrogens (tertiary/aromatic N) is 2. The molecule has 0 unspecified atom stereocenters. The zero-order valence-corrected chi connectivity index (χ0v) is 15.3. The molecule has 0 saturated heterocycles. The topological polar surface area (TPSA) is 83.6 Å². The fourth-order valence-electron chi connectivity index (χ4n) is 3.30. The average Bonchev–Trinajstić information content (AvgIpc) is 3.40. The van der Waals surface area contributed by atoms with Gasteiger partial charge in [-0.15, -0.1) is 13.2 Å². The van der Waals surface area contributed by atoms with Gasteiger partial charge in [-0.2, -0.15) is 0 Å². The van der Waals surface area contributed by atoms with E-state index in [9.17, 15) is 22.8 Å². The number of halogens is 3. The van der Waals surface area contributed by atoms with Crippen molar-refractivity contribution in [3.63, 3.8) is 0 Å². The predicted octanol–water partition coefficient (Wildman–Crippen LogP) is 3.45. The number of alkyl halides is 3. The number of ether oxygens (including phenoxy) is 1. The molecular formula is C19H17F3N4O3. The van der Waals surface area contributed by atoms with Crippen LogP contribution in [0.15, 0.2) is 36.5 Å². The van der Waals surface area contributed by atoms with Crippen molar-refractivity contribution in [2.45, 2.75) is 31.7 Å². The third-order valence-corrected chi connectivity index (χ3v) is 4.82. The molecule has 1 aliphatic carbocycles. The maximum Gasteiger partial charge on any atom is 0.573 e. The Morgan fingerprint density at radius 3 is 2.59 bits per heavy atom. The van der Waals surface area contributed by atoms with Crippen molar-refractivity contribution in [1.29, 1.82) is 0 Å². The Morgan fingerprint density at radius 2 is 1.97 bits per heavy atom. The summed E-state index contributed by atoms with van der Waals surface area (Å²) >= 11 is 0. The van der Waals surface area contributed by atoms with Crippen LogP contribution in [0.4, 0.5) is 29.5 Å². The highest BCUT2D eigenvalue weighted by Crippen LogP contribution is 2.46. The van der Waals surface area contributed by atoms with Gasteiger partial charge in [-0.05, 0) is 49.1 Å². The molecule has 0 atom stereocenters. The Labute approximate surface area is 163 Å². The molecule has 29 heavy (non-hydrogen) atoms. The summed E-state index contributed by atoms with van der Waals surface area (Å²) in [5.41, 5.74) is 1.27. The normalized spacial score (nSPS) is 17.2. The number of carbonyl (C=O) groups is 2. The van der Waals surface area contributed by atoms with Gasteiger partial charge in [-0.3, -0.25) is 9.69 Å². The van der Waals surface area contributed by atoms with Crippen LogP contribution >= 0.6 is 0 Å². The van der Waals surface area contributed by atoms with Gasteiger partial charge in [0.15, 0.2) is 5.82 Å². The number of carbonyl (C=O) groups excluding carboxylic acids is 2. The van der Waals surface area contributed by atoms with Gasteiger partial charge in [0.05, 0.1) is 11.2 Å². The smallest absolute Gasteiger partial charge is 0.406 e. The monoisotopic (exact) mass is 406 g/mol. The van der Waals surface area contributed by atoms with Crippen molar-refractivity contribution >= 4 is 23.4 Å². The number of anilines is 2. The third-order valence-electron chi connectivity index (χ3n) is 4.82. The maximum absolute atomic E-state index is 12.9. The highest BCUT2D eigenvalue weighted by Gasteiger charge is 2.47. The molecule has 1 aromatic carbocycles. The van der Waals surface area contributed by atoms with Crippen LogP contribution in [-0.4, -0.2) is 29.8 Å². The van der Waals surface area contributed by atoms with E-state index in [0.29, 0.717) is 29.9 Å². The van der Waals surface area contributed by atoms with E-state index >= 15 is 0 Å². The zero-order valence-electron chi connectivity index (χ0n) is 15.3. The summed E-state index contributed by atoms with van der Waals surface area (Å²) in [6.45, 7) is 1.65. The van der Waals surface area contributed by atoms with Crippen molar-refractivity contribution < 1.29 is 27.5 Å². The second-order valence-corrected chi connectivity index (χ2v) is 7.10. The van der Waals surface area contributed by atoms with Gasteiger partial charge in [0, 0.05) is 6.20 Å². The number of hydrogen-bond donors (Lipinski definition) is 2. The summed E-state index contributed by atoms with van der Waals surface area (Å²) in [4.78, 5) is 30.4. The Hall–Kier alpha value is -3.30. The number of fused-ring (bicyclic) bond motifs is 1. The molecule has 0 bridgehead atoms. The number of benzene rings is 1. The standard InChI is InChI=1S/C19H17F3N4O3/c1-11-8-14-16(23-9-11)26(10-15(27)24-14)17(28)25-18(6-7-18)12-2-4-13(5-3-12)29-19(20,21)22/h2-5,8-9H,6-7,10H2,1H3,(H,24,27)(H,25,28). The van der Waals surface area contributed by atoms with Crippen LogP contribution < -0.4 is 20.3 Å². The SMILES string of the molecule is Cc1cnc2c(c1)NC(=O)CN2C(=O)NC1(c2ccc(OC(F)(F)F)cc2)CC1. The quantitative estimate of drug-likeness (QED) is 0.818. The number of pyridine rings is 1. The van der Waals surface area contributed by atoms with Crippen molar-refractivity contribution in [2.75, 3.05) is 16.8 Å². The molecule has 1 saturated carbocycles. The number of rotatable bonds is 3. The van der Waals surface area contributed by atoms with Crippen LogP contribution in [0.5, 0.6) is 5.75 Å². The molecule has 4 rings (SSSR count). The molecule has 3 amide bonds. The lowest BCUT2D eigenvalue weighted by Gasteiger charge is -2.30. The number of aromatic nitrogens is 1. The van der Waals surface area contributed by atoms with Crippen LogP contribution in [-0.2, 0) is 10.3 Å². The van der Waals surface area contributed by atoms with Crippen molar-refractivity contribution in [2.24, 2.45) is 0 Å². The van der Waals surface area contributed by atoms with Crippen LogP contribution in [0.25, 0.3) is 0 Å². The van der Waals surface area contributed by atoms with Crippen LogP contribution in [0.2, 0.25) is 0 Å². The van der Waals surface area contributed by atoms with Crippen LogP contribution in [0, 0.1) is 6.92 Å². The van der Waals surface area contributed by atoms with E-state index in [1.54, 1.807) is 12.3 Å². The molecule has 1 fully saturated rings. The van der Waals surface area contributed by atoms with Gasteiger partial charge in [-0.1, -0.05) is 12.1 Å². The van der Waals surface area contributed by atoms with E-state index in [1.165, 1.54) is 29.2 Å². The second-order valence-electron chi connectivity index (χ2n) is 7.10. The molecule has 0 spiro atoms. The zero-order chi connectivity index (χ0) is 20.8. The summed E-state index contributed by atoms with van der Waals surface area (Å²) in [6.07, 6.45) is -1.90. The minimum Gasteiger partial charge on any atom is -0.406 e. The van der Waals surface area contributed by atoms with Crippen molar-refractivity contribution in [3.8, 4) is 5.75 Å². The number of amides is 3. The first-order chi connectivity index (χ1) is 13.7. The van der Waals surface area contributed by atoms with Gasteiger partial charge < -0.3 is 15.4 Å². The first-order valence-corrected chi connectivity index (χ1v) is 8.88. The number of urea groups is 1. The van der Waals surface area contributed by atoms with Crippen LogP contribution in [0.3, 0.4) is 0 Å². The fourth-order valence-corrected chi connectivity index (χ4v) is 3.30. The minimum absolute atomic E-state index is 0.177. The molecule has 2 aromatic rings. The second kappa shape index (κ2) is 6.64. The van der Waals surface area contributed by atoms with E-state index < -0.39 is 17.9 Å².